The lowest BCUT2D eigenvalue weighted by Gasteiger charge is -2.10. The van der Waals surface area contributed by atoms with E-state index in [2.05, 4.69) is 36.1 Å². The van der Waals surface area contributed by atoms with Crippen LogP contribution >= 0.6 is 0 Å². The highest BCUT2D eigenvalue weighted by atomic mass is 16.5. The van der Waals surface area contributed by atoms with Gasteiger partial charge in [-0.2, -0.15) is 20.1 Å². The second-order valence-corrected chi connectivity index (χ2v) is 6.79. The van der Waals surface area contributed by atoms with Crippen LogP contribution in [0, 0.1) is 0 Å². The molecule has 0 amide bonds. The zero-order chi connectivity index (χ0) is 22.9. The lowest BCUT2D eigenvalue weighted by Crippen LogP contribution is -2.07. The molecule has 9 heteroatoms. The van der Waals surface area contributed by atoms with Gasteiger partial charge in [0.2, 0.25) is 17.8 Å². The van der Waals surface area contributed by atoms with Gasteiger partial charge >= 0.3 is 0 Å². The molecule has 3 N–H and O–H groups in total. The molecule has 0 unspecified atom stereocenters. The van der Waals surface area contributed by atoms with E-state index in [9.17, 15) is 0 Å². The Hall–Kier alpha value is -4.66. The van der Waals surface area contributed by atoms with Crippen LogP contribution < -0.4 is 25.5 Å². The monoisotopic (exact) mass is 441 g/mol. The quantitative estimate of drug-likeness (QED) is 0.251. The number of hydrazone groups is 1. The van der Waals surface area contributed by atoms with Crippen molar-refractivity contribution in [3.8, 4) is 11.5 Å². The smallest absolute Gasteiger partial charge is 0.250 e. The van der Waals surface area contributed by atoms with Gasteiger partial charge in [0.1, 0.15) is 11.5 Å². The van der Waals surface area contributed by atoms with Gasteiger partial charge in [-0.05, 0) is 66.2 Å². The summed E-state index contributed by atoms with van der Waals surface area (Å²) in [6.45, 7) is 0. The summed E-state index contributed by atoms with van der Waals surface area (Å²) in [7, 11) is 3.25. The van der Waals surface area contributed by atoms with Crippen LogP contribution in [0.25, 0.3) is 0 Å². The standard InChI is InChI=1S/C24H23N7O2/c1-32-20-12-8-17(9-13-20)16-25-31-24-29-22(26-18-6-4-3-5-7-18)28-23(30-24)27-19-10-14-21(33-2)15-11-19/h3-16H,1-2H3,(H3,26,27,28,29,30,31). The van der Waals surface area contributed by atoms with Crippen molar-refractivity contribution in [3.63, 3.8) is 0 Å². The van der Waals surface area contributed by atoms with Gasteiger partial charge in [-0.25, -0.2) is 5.43 Å². The first-order valence-corrected chi connectivity index (χ1v) is 10.1. The molecule has 0 bridgehead atoms. The van der Waals surface area contributed by atoms with Crippen LogP contribution in [0.15, 0.2) is 84.0 Å². The molecule has 0 saturated carbocycles. The molecule has 0 saturated heterocycles. The van der Waals surface area contributed by atoms with Crippen LogP contribution in [0.3, 0.4) is 0 Å². The molecule has 0 atom stereocenters. The van der Waals surface area contributed by atoms with Crippen molar-refractivity contribution in [2.75, 3.05) is 30.3 Å². The molecule has 4 rings (SSSR count). The van der Waals surface area contributed by atoms with E-state index in [1.807, 2.05) is 78.9 Å². The molecular weight excluding hydrogens is 418 g/mol. The predicted molar refractivity (Wildman–Crippen MR) is 130 cm³/mol. The largest absolute Gasteiger partial charge is 0.497 e. The Kier molecular flexibility index (Phi) is 6.92. The van der Waals surface area contributed by atoms with Crippen LogP contribution in [-0.4, -0.2) is 35.4 Å². The molecule has 4 aromatic rings. The zero-order valence-electron chi connectivity index (χ0n) is 18.2. The van der Waals surface area contributed by atoms with Crippen LogP contribution in [0.4, 0.5) is 29.2 Å². The minimum absolute atomic E-state index is 0.282. The number of anilines is 5. The number of nitrogens with zero attached hydrogens (tertiary/aromatic N) is 4. The first-order chi connectivity index (χ1) is 16.2. The van der Waals surface area contributed by atoms with E-state index in [-0.39, 0.29) is 5.95 Å². The third-order valence-electron chi connectivity index (χ3n) is 4.51. The molecule has 0 fully saturated rings. The highest BCUT2D eigenvalue weighted by Gasteiger charge is 2.08. The zero-order valence-corrected chi connectivity index (χ0v) is 18.2. The van der Waals surface area contributed by atoms with Crippen molar-refractivity contribution in [2.24, 2.45) is 5.10 Å². The van der Waals surface area contributed by atoms with E-state index in [1.54, 1.807) is 20.4 Å². The summed E-state index contributed by atoms with van der Waals surface area (Å²) in [5.41, 5.74) is 5.43. The van der Waals surface area contributed by atoms with Crippen LogP contribution in [0.5, 0.6) is 11.5 Å². The molecule has 0 aliphatic rings. The number of nitrogens with one attached hydrogen (secondary N) is 3. The number of benzene rings is 3. The number of hydrogen-bond acceptors (Lipinski definition) is 9. The predicted octanol–water partition coefficient (Wildman–Crippen LogP) is 4.82. The van der Waals surface area contributed by atoms with E-state index in [0.29, 0.717) is 11.9 Å². The number of rotatable bonds is 9. The lowest BCUT2D eigenvalue weighted by molar-refractivity contribution is 0.414. The molecule has 3 aromatic carbocycles. The summed E-state index contributed by atoms with van der Waals surface area (Å²) in [6.07, 6.45) is 1.67. The molecule has 9 nitrogen and oxygen atoms in total. The fourth-order valence-corrected chi connectivity index (χ4v) is 2.85. The molecular formula is C24H23N7O2. The molecule has 1 aromatic heterocycles. The fourth-order valence-electron chi connectivity index (χ4n) is 2.85. The Bertz CT molecular complexity index is 1200. The van der Waals surface area contributed by atoms with Gasteiger partial charge in [0.05, 0.1) is 20.4 Å². The van der Waals surface area contributed by atoms with E-state index < -0.39 is 0 Å². The Morgan fingerprint density at radius 2 is 1.15 bits per heavy atom. The summed E-state index contributed by atoms with van der Waals surface area (Å²) in [5.74, 6) is 2.55. The second kappa shape index (κ2) is 10.6. The van der Waals surface area contributed by atoms with Crippen LogP contribution in [0.2, 0.25) is 0 Å². The third kappa shape index (κ3) is 6.17. The van der Waals surface area contributed by atoms with Crippen LogP contribution in [0.1, 0.15) is 5.56 Å². The minimum atomic E-state index is 0.282. The fraction of sp³-hybridized carbons (Fsp3) is 0.0833. The van der Waals surface area contributed by atoms with E-state index in [0.717, 1.165) is 28.4 Å². The van der Waals surface area contributed by atoms with Gasteiger partial charge in [-0.15, -0.1) is 0 Å². The average molecular weight is 441 g/mol. The van der Waals surface area contributed by atoms with Crippen molar-refractivity contribution < 1.29 is 9.47 Å². The lowest BCUT2D eigenvalue weighted by atomic mass is 10.2. The Morgan fingerprint density at radius 3 is 1.73 bits per heavy atom. The van der Waals surface area contributed by atoms with Crippen molar-refractivity contribution in [1.82, 2.24) is 15.0 Å². The molecule has 1 heterocycles. The minimum Gasteiger partial charge on any atom is -0.497 e. The van der Waals surface area contributed by atoms with Crippen molar-refractivity contribution in [1.29, 1.82) is 0 Å². The van der Waals surface area contributed by atoms with E-state index >= 15 is 0 Å². The van der Waals surface area contributed by atoms with Gasteiger partial charge in [0, 0.05) is 11.4 Å². The maximum absolute atomic E-state index is 5.21. The summed E-state index contributed by atoms with van der Waals surface area (Å²) in [6, 6.07) is 24.6. The number of aromatic nitrogens is 3. The maximum Gasteiger partial charge on any atom is 0.250 e. The molecule has 0 spiro atoms. The van der Waals surface area contributed by atoms with Gasteiger partial charge in [0.15, 0.2) is 0 Å². The first-order valence-electron chi connectivity index (χ1n) is 10.1. The normalized spacial score (nSPS) is 10.6. The van der Waals surface area contributed by atoms with Crippen molar-refractivity contribution in [2.45, 2.75) is 0 Å². The molecule has 0 aliphatic heterocycles. The SMILES string of the molecule is COc1ccc(C=NNc2nc(Nc3ccccc3)nc(Nc3ccc(OC)cc3)n2)cc1. The highest BCUT2D eigenvalue weighted by Crippen LogP contribution is 2.20. The Labute approximate surface area is 191 Å². The Balaban J connectivity index is 1.54. The summed E-state index contributed by atoms with van der Waals surface area (Å²) in [4.78, 5) is 13.3. The summed E-state index contributed by atoms with van der Waals surface area (Å²) < 4.78 is 10.4. The van der Waals surface area contributed by atoms with Crippen molar-refractivity contribution >= 4 is 35.4 Å². The third-order valence-corrected chi connectivity index (χ3v) is 4.51. The molecule has 33 heavy (non-hydrogen) atoms. The number of hydrogen-bond donors (Lipinski definition) is 3. The molecule has 0 radical (unpaired) electrons. The van der Waals surface area contributed by atoms with E-state index in [1.165, 1.54) is 0 Å². The van der Waals surface area contributed by atoms with E-state index in [4.69, 9.17) is 9.47 Å². The first kappa shape index (κ1) is 21.6. The summed E-state index contributed by atoms with van der Waals surface area (Å²) >= 11 is 0. The maximum atomic E-state index is 5.21. The van der Waals surface area contributed by atoms with Gasteiger partial charge in [-0.1, -0.05) is 18.2 Å². The second-order valence-electron chi connectivity index (χ2n) is 6.79. The summed E-state index contributed by atoms with van der Waals surface area (Å²) in [5, 5.41) is 10.6. The number of para-hydroxylation sites is 1. The average Bonchev–Trinajstić information content (AvgIpc) is 2.85. The Morgan fingerprint density at radius 1 is 0.636 bits per heavy atom. The van der Waals surface area contributed by atoms with Crippen molar-refractivity contribution in [3.05, 3.63) is 84.4 Å². The van der Waals surface area contributed by atoms with Gasteiger partial charge in [0.25, 0.3) is 0 Å². The van der Waals surface area contributed by atoms with Gasteiger partial charge in [-0.3, -0.25) is 0 Å². The van der Waals surface area contributed by atoms with Crippen LogP contribution in [-0.2, 0) is 0 Å². The number of methoxy groups -OCH3 is 2. The molecule has 166 valence electrons. The topological polar surface area (TPSA) is 106 Å². The molecule has 0 aliphatic carbocycles. The van der Waals surface area contributed by atoms with Gasteiger partial charge < -0.3 is 20.1 Å². The highest BCUT2D eigenvalue weighted by molar-refractivity contribution is 5.80. The number of ether oxygens (including phenoxy) is 2.